The molecular formula is C11H9BrN4. The van der Waals surface area contributed by atoms with Crippen molar-refractivity contribution in [2.75, 3.05) is 0 Å². The number of nitrogens with zero attached hydrogens (tertiary/aromatic N) is 4. The number of hydrogen-bond acceptors (Lipinski definition) is 3. The summed E-state index contributed by atoms with van der Waals surface area (Å²) < 4.78 is 1.64. The molecule has 0 aromatic carbocycles. The fraction of sp³-hybridized carbons (Fsp3) is 0.182. The molecule has 0 radical (unpaired) electrons. The summed E-state index contributed by atoms with van der Waals surface area (Å²) in [6, 6.07) is 5.90. The number of aromatic nitrogens is 3. The second-order valence-electron chi connectivity index (χ2n) is 3.23. The second kappa shape index (κ2) is 4.90. The highest BCUT2D eigenvalue weighted by Gasteiger charge is 2.09. The molecule has 2 rings (SSSR count). The molecule has 0 bridgehead atoms. The van der Waals surface area contributed by atoms with Gasteiger partial charge in [-0.15, -0.1) is 0 Å². The van der Waals surface area contributed by atoms with Crippen LogP contribution in [-0.2, 0) is 11.9 Å². The number of halogens is 1. The first-order chi connectivity index (χ1) is 7.85. The first-order valence-corrected chi connectivity index (χ1v) is 5.87. The minimum absolute atomic E-state index is 0.264. The molecule has 0 N–H and O–H groups in total. The molecule has 4 nitrogen and oxygen atoms in total. The maximum absolute atomic E-state index is 8.63. The molecule has 2 heterocycles. The zero-order chi connectivity index (χ0) is 11.4. The summed E-state index contributed by atoms with van der Waals surface area (Å²) in [4.78, 5) is 4.06. The van der Waals surface area contributed by atoms with Crippen molar-refractivity contribution >= 4 is 15.9 Å². The SMILES string of the molecule is N#CCn1cc(CBr)c(-c2cccnc2)n1. The molecule has 0 aliphatic heterocycles. The third-order valence-electron chi connectivity index (χ3n) is 2.15. The van der Waals surface area contributed by atoms with E-state index in [1.54, 1.807) is 17.1 Å². The van der Waals surface area contributed by atoms with E-state index in [1.807, 2.05) is 18.3 Å². The number of pyridine rings is 1. The number of hydrogen-bond donors (Lipinski definition) is 0. The van der Waals surface area contributed by atoms with Crippen molar-refractivity contribution in [3.63, 3.8) is 0 Å². The third-order valence-corrected chi connectivity index (χ3v) is 2.75. The van der Waals surface area contributed by atoms with Crippen molar-refractivity contribution in [2.24, 2.45) is 0 Å². The average Bonchev–Trinajstić information content (AvgIpc) is 2.74. The molecule has 80 valence electrons. The molecule has 0 saturated carbocycles. The van der Waals surface area contributed by atoms with E-state index < -0.39 is 0 Å². The Morgan fingerprint density at radius 2 is 2.38 bits per heavy atom. The second-order valence-corrected chi connectivity index (χ2v) is 3.79. The molecule has 5 heteroatoms. The molecule has 0 spiro atoms. The first kappa shape index (κ1) is 10.8. The highest BCUT2D eigenvalue weighted by atomic mass is 79.9. The van der Waals surface area contributed by atoms with E-state index >= 15 is 0 Å². The average molecular weight is 277 g/mol. The molecule has 0 atom stereocenters. The predicted octanol–water partition coefficient (Wildman–Crippen LogP) is 2.36. The maximum Gasteiger partial charge on any atom is 0.128 e. The van der Waals surface area contributed by atoms with Crippen LogP contribution in [0.3, 0.4) is 0 Å². The van der Waals surface area contributed by atoms with Crippen molar-refractivity contribution in [3.05, 3.63) is 36.3 Å². The van der Waals surface area contributed by atoms with Crippen molar-refractivity contribution in [3.8, 4) is 17.3 Å². The van der Waals surface area contributed by atoms with Gasteiger partial charge in [0.15, 0.2) is 0 Å². The van der Waals surface area contributed by atoms with Crippen LogP contribution in [0, 0.1) is 11.3 Å². The summed E-state index contributed by atoms with van der Waals surface area (Å²) in [6.45, 7) is 0.264. The van der Waals surface area contributed by atoms with Gasteiger partial charge in [0.1, 0.15) is 6.54 Å². The van der Waals surface area contributed by atoms with E-state index in [1.165, 1.54) is 0 Å². The first-order valence-electron chi connectivity index (χ1n) is 4.75. The summed E-state index contributed by atoms with van der Waals surface area (Å²) in [5.41, 5.74) is 2.90. The Bertz CT molecular complexity index is 513. The van der Waals surface area contributed by atoms with Gasteiger partial charge in [-0.25, -0.2) is 0 Å². The Morgan fingerprint density at radius 1 is 1.50 bits per heavy atom. The molecule has 0 saturated heterocycles. The molecule has 16 heavy (non-hydrogen) atoms. The fourth-order valence-electron chi connectivity index (χ4n) is 1.46. The van der Waals surface area contributed by atoms with Crippen LogP contribution in [0.25, 0.3) is 11.3 Å². The van der Waals surface area contributed by atoms with Gasteiger partial charge >= 0.3 is 0 Å². The van der Waals surface area contributed by atoms with Crippen LogP contribution in [0.4, 0.5) is 0 Å². The fourth-order valence-corrected chi connectivity index (χ4v) is 1.87. The molecule has 0 aliphatic rings. The summed E-state index contributed by atoms with van der Waals surface area (Å²) in [5.74, 6) is 0. The molecule has 2 aromatic rings. The minimum Gasteiger partial charge on any atom is -0.264 e. The lowest BCUT2D eigenvalue weighted by molar-refractivity contribution is 0.712. The van der Waals surface area contributed by atoms with Gasteiger partial charge in [-0.2, -0.15) is 10.4 Å². The Balaban J connectivity index is 2.44. The summed E-state index contributed by atoms with van der Waals surface area (Å²) in [5, 5.41) is 13.7. The zero-order valence-corrected chi connectivity index (χ0v) is 10.1. The highest BCUT2D eigenvalue weighted by Crippen LogP contribution is 2.22. The summed E-state index contributed by atoms with van der Waals surface area (Å²) >= 11 is 3.41. The molecule has 0 unspecified atom stereocenters. The van der Waals surface area contributed by atoms with Crippen LogP contribution in [0.15, 0.2) is 30.7 Å². The number of alkyl halides is 1. The van der Waals surface area contributed by atoms with E-state index in [9.17, 15) is 0 Å². The van der Waals surface area contributed by atoms with E-state index in [0.717, 1.165) is 16.8 Å². The van der Waals surface area contributed by atoms with Gasteiger partial charge in [-0.1, -0.05) is 15.9 Å². The zero-order valence-electron chi connectivity index (χ0n) is 8.47. The quantitative estimate of drug-likeness (QED) is 0.809. The molecule has 0 fully saturated rings. The lowest BCUT2D eigenvalue weighted by Gasteiger charge is -1.97. The highest BCUT2D eigenvalue weighted by molar-refractivity contribution is 9.08. The smallest absolute Gasteiger partial charge is 0.128 e. The van der Waals surface area contributed by atoms with E-state index in [-0.39, 0.29) is 6.54 Å². The van der Waals surface area contributed by atoms with Gasteiger partial charge in [-0.3, -0.25) is 9.67 Å². The van der Waals surface area contributed by atoms with Gasteiger partial charge in [-0.05, 0) is 12.1 Å². The Kier molecular flexibility index (Phi) is 3.32. The summed E-state index contributed by atoms with van der Waals surface area (Å²) in [6.07, 6.45) is 5.37. The Hall–Kier alpha value is -1.67. The van der Waals surface area contributed by atoms with Crippen molar-refractivity contribution in [2.45, 2.75) is 11.9 Å². The molecule has 0 aliphatic carbocycles. The number of nitriles is 1. The Labute approximate surface area is 102 Å². The van der Waals surface area contributed by atoms with Crippen LogP contribution in [-0.4, -0.2) is 14.8 Å². The molecule has 2 aromatic heterocycles. The van der Waals surface area contributed by atoms with E-state index in [2.05, 4.69) is 32.1 Å². The van der Waals surface area contributed by atoms with Crippen LogP contribution in [0.2, 0.25) is 0 Å². The maximum atomic E-state index is 8.63. The van der Waals surface area contributed by atoms with E-state index in [0.29, 0.717) is 5.33 Å². The standard InChI is InChI=1S/C11H9BrN4/c12-6-10-8-16(5-3-13)15-11(10)9-2-1-4-14-7-9/h1-2,4,7-8H,5-6H2. The normalized spacial score (nSPS) is 10.0. The van der Waals surface area contributed by atoms with Gasteiger partial charge in [0.25, 0.3) is 0 Å². The lowest BCUT2D eigenvalue weighted by atomic mass is 10.1. The topological polar surface area (TPSA) is 54.5 Å². The largest absolute Gasteiger partial charge is 0.264 e. The monoisotopic (exact) mass is 276 g/mol. The van der Waals surface area contributed by atoms with Gasteiger partial charge in [0.05, 0.1) is 11.8 Å². The van der Waals surface area contributed by atoms with Gasteiger partial charge < -0.3 is 0 Å². The minimum atomic E-state index is 0.264. The summed E-state index contributed by atoms with van der Waals surface area (Å²) in [7, 11) is 0. The van der Waals surface area contributed by atoms with Crippen LogP contribution in [0.5, 0.6) is 0 Å². The van der Waals surface area contributed by atoms with Gasteiger partial charge in [0, 0.05) is 35.0 Å². The van der Waals surface area contributed by atoms with Crippen molar-refractivity contribution in [1.29, 1.82) is 5.26 Å². The third kappa shape index (κ3) is 2.12. The van der Waals surface area contributed by atoms with Gasteiger partial charge in [0.2, 0.25) is 0 Å². The van der Waals surface area contributed by atoms with Crippen LogP contribution >= 0.6 is 15.9 Å². The lowest BCUT2D eigenvalue weighted by Crippen LogP contribution is -1.95. The van der Waals surface area contributed by atoms with Crippen LogP contribution < -0.4 is 0 Å². The Morgan fingerprint density at radius 3 is 3.00 bits per heavy atom. The van der Waals surface area contributed by atoms with Crippen molar-refractivity contribution < 1.29 is 0 Å². The van der Waals surface area contributed by atoms with Crippen molar-refractivity contribution in [1.82, 2.24) is 14.8 Å². The predicted molar refractivity (Wildman–Crippen MR) is 63.7 cm³/mol. The molecular weight excluding hydrogens is 268 g/mol. The van der Waals surface area contributed by atoms with E-state index in [4.69, 9.17) is 5.26 Å². The number of rotatable bonds is 3. The van der Waals surface area contributed by atoms with Crippen LogP contribution in [0.1, 0.15) is 5.56 Å². The molecule has 0 amide bonds.